The number of hydrogen-bond acceptors (Lipinski definition) is 4. The average Bonchev–Trinajstić information content (AvgIpc) is 3.34. The third-order valence-corrected chi connectivity index (χ3v) is 5.22. The number of nitrogens with one attached hydrogen (secondary N) is 1. The zero-order chi connectivity index (χ0) is 20.4. The number of benzene rings is 2. The highest BCUT2D eigenvalue weighted by Crippen LogP contribution is 2.26. The number of halogens is 1. The Labute approximate surface area is 173 Å². The van der Waals surface area contributed by atoms with Crippen molar-refractivity contribution >= 4 is 29.1 Å². The van der Waals surface area contributed by atoms with Crippen molar-refractivity contribution < 1.29 is 14.1 Å². The zero-order valence-electron chi connectivity index (χ0n) is 15.9. The predicted molar refractivity (Wildman–Crippen MR) is 110 cm³/mol. The lowest BCUT2D eigenvalue weighted by Crippen LogP contribution is -2.32. The number of amides is 2. The van der Waals surface area contributed by atoms with Crippen molar-refractivity contribution in [1.29, 1.82) is 0 Å². The van der Waals surface area contributed by atoms with Crippen molar-refractivity contribution in [1.82, 2.24) is 10.5 Å². The first kappa shape index (κ1) is 19.2. The maximum atomic E-state index is 12.5. The van der Waals surface area contributed by atoms with Gasteiger partial charge in [-0.15, -0.1) is 0 Å². The van der Waals surface area contributed by atoms with Crippen LogP contribution in [0.1, 0.15) is 17.7 Å². The second-order valence-electron chi connectivity index (χ2n) is 7.15. The normalized spacial score (nSPS) is 16.3. The molecule has 1 aliphatic rings. The summed E-state index contributed by atoms with van der Waals surface area (Å²) < 4.78 is 5.34. The Balaban J connectivity index is 1.35. The van der Waals surface area contributed by atoms with Crippen molar-refractivity contribution in [3.8, 4) is 11.3 Å². The summed E-state index contributed by atoms with van der Waals surface area (Å²) >= 11 is 5.90. The number of nitrogens with zero attached hydrogens (tertiary/aromatic N) is 2. The van der Waals surface area contributed by atoms with E-state index in [2.05, 4.69) is 10.5 Å². The standard InChI is InChI=1S/C22H20ClN3O3/c1-14-2-8-19(9-3-14)26-13-16(10-21(26)27)22(28)24-12-18-11-20(29-25-18)15-4-6-17(23)7-5-15/h2-9,11,16H,10,12-13H2,1H3,(H,24,28). The maximum Gasteiger partial charge on any atom is 0.227 e. The Morgan fingerprint density at radius 1 is 1.21 bits per heavy atom. The first-order chi connectivity index (χ1) is 14.0. The number of aromatic nitrogens is 1. The highest BCUT2D eigenvalue weighted by Gasteiger charge is 2.35. The molecule has 1 N–H and O–H groups in total. The fourth-order valence-electron chi connectivity index (χ4n) is 3.32. The van der Waals surface area contributed by atoms with Crippen LogP contribution in [-0.4, -0.2) is 23.5 Å². The summed E-state index contributed by atoms with van der Waals surface area (Å²) in [6, 6.07) is 16.7. The number of aryl methyl sites for hydroxylation is 1. The number of rotatable bonds is 5. The van der Waals surface area contributed by atoms with Gasteiger partial charge in [0.2, 0.25) is 11.8 Å². The predicted octanol–water partition coefficient (Wildman–Crippen LogP) is 3.97. The monoisotopic (exact) mass is 409 g/mol. The van der Waals surface area contributed by atoms with E-state index in [4.69, 9.17) is 16.1 Å². The molecule has 29 heavy (non-hydrogen) atoms. The van der Waals surface area contributed by atoms with Gasteiger partial charge >= 0.3 is 0 Å². The van der Waals surface area contributed by atoms with Crippen molar-refractivity contribution in [2.45, 2.75) is 19.9 Å². The summed E-state index contributed by atoms with van der Waals surface area (Å²) in [5, 5.41) is 7.50. The molecule has 148 valence electrons. The van der Waals surface area contributed by atoms with E-state index in [0.717, 1.165) is 16.8 Å². The van der Waals surface area contributed by atoms with Crippen LogP contribution in [0.5, 0.6) is 0 Å². The van der Waals surface area contributed by atoms with E-state index in [1.807, 2.05) is 43.3 Å². The Morgan fingerprint density at radius 2 is 1.93 bits per heavy atom. The first-order valence-corrected chi connectivity index (χ1v) is 9.73. The molecule has 0 saturated carbocycles. The lowest BCUT2D eigenvalue weighted by Gasteiger charge is -2.16. The molecule has 2 amide bonds. The van der Waals surface area contributed by atoms with Gasteiger partial charge in [-0.3, -0.25) is 9.59 Å². The Bertz CT molecular complexity index is 1030. The second kappa shape index (κ2) is 8.09. The lowest BCUT2D eigenvalue weighted by molar-refractivity contribution is -0.126. The highest BCUT2D eigenvalue weighted by molar-refractivity contribution is 6.30. The van der Waals surface area contributed by atoms with Gasteiger partial charge in [-0.2, -0.15) is 0 Å². The molecule has 1 aromatic heterocycles. The van der Waals surface area contributed by atoms with Gasteiger partial charge in [-0.25, -0.2) is 0 Å². The van der Waals surface area contributed by atoms with E-state index >= 15 is 0 Å². The molecule has 7 heteroatoms. The van der Waals surface area contributed by atoms with E-state index in [1.54, 1.807) is 23.1 Å². The molecule has 0 aliphatic carbocycles. The van der Waals surface area contributed by atoms with E-state index in [9.17, 15) is 9.59 Å². The summed E-state index contributed by atoms with van der Waals surface area (Å²) in [7, 11) is 0. The van der Waals surface area contributed by atoms with Crippen LogP contribution in [0.2, 0.25) is 5.02 Å². The van der Waals surface area contributed by atoms with Crippen LogP contribution in [0, 0.1) is 12.8 Å². The third-order valence-electron chi connectivity index (χ3n) is 4.97. The summed E-state index contributed by atoms with van der Waals surface area (Å²) in [5.74, 6) is 0.0171. The molecule has 1 unspecified atom stereocenters. The van der Waals surface area contributed by atoms with Gasteiger partial charge in [0, 0.05) is 35.3 Å². The minimum absolute atomic E-state index is 0.0412. The second-order valence-corrected chi connectivity index (χ2v) is 7.58. The number of anilines is 1. The number of carbonyl (C=O) groups excluding carboxylic acids is 2. The quantitative estimate of drug-likeness (QED) is 0.691. The summed E-state index contributed by atoms with van der Waals surface area (Å²) in [5.41, 5.74) is 3.41. The molecule has 1 aliphatic heterocycles. The molecule has 0 spiro atoms. The average molecular weight is 410 g/mol. The van der Waals surface area contributed by atoms with E-state index < -0.39 is 0 Å². The molecule has 4 rings (SSSR count). The molecule has 2 aromatic carbocycles. The van der Waals surface area contributed by atoms with Crippen molar-refractivity contribution in [2.75, 3.05) is 11.4 Å². The van der Waals surface area contributed by atoms with Gasteiger partial charge in [0.1, 0.15) is 5.69 Å². The highest BCUT2D eigenvalue weighted by atomic mass is 35.5. The fraction of sp³-hybridized carbons (Fsp3) is 0.227. The van der Waals surface area contributed by atoms with Crippen LogP contribution in [-0.2, 0) is 16.1 Å². The fourth-order valence-corrected chi connectivity index (χ4v) is 3.45. The van der Waals surface area contributed by atoms with E-state index in [1.165, 1.54) is 0 Å². The van der Waals surface area contributed by atoms with Crippen molar-refractivity contribution in [2.24, 2.45) is 5.92 Å². The molecule has 1 saturated heterocycles. The van der Waals surface area contributed by atoms with Gasteiger partial charge in [0.25, 0.3) is 0 Å². The van der Waals surface area contributed by atoms with Crippen LogP contribution in [0.25, 0.3) is 11.3 Å². The molecule has 6 nitrogen and oxygen atoms in total. The molecule has 0 radical (unpaired) electrons. The molecule has 3 aromatic rings. The zero-order valence-corrected chi connectivity index (χ0v) is 16.6. The summed E-state index contributed by atoms with van der Waals surface area (Å²) in [6.07, 6.45) is 0.203. The van der Waals surface area contributed by atoms with E-state index in [-0.39, 0.29) is 30.7 Å². The van der Waals surface area contributed by atoms with E-state index in [0.29, 0.717) is 23.0 Å². The first-order valence-electron chi connectivity index (χ1n) is 9.36. The smallest absolute Gasteiger partial charge is 0.227 e. The molecular formula is C22H20ClN3O3. The Morgan fingerprint density at radius 3 is 2.66 bits per heavy atom. The van der Waals surface area contributed by atoms with Crippen LogP contribution in [0.15, 0.2) is 59.1 Å². The molecule has 1 fully saturated rings. The number of carbonyl (C=O) groups is 2. The van der Waals surface area contributed by atoms with Gasteiger partial charge in [-0.05, 0) is 43.3 Å². The Kier molecular flexibility index (Phi) is 5.36. The molecule has 1 atom stereocenters. The molecule has 2 heterocycles. The molecule has 0 bridgehead atoms. The Hall–Kier alpha value is -3.12. The summed E-state index contributed by atoms with van der Waals surface area (Å²) in [4.78, 5) is 26.6. The largest absolute Gasteiger partial charge is 0.356 e. The maximum absolute atomic E-state index is 12.5. The summed E-state index contributed by atoms with van der Waals surface area (Å²) in [6.45, 7) is 2.61. The van der Waals surface area contributed by atoms with Crippen LogP contribution < -0.4 is 10.2 Å². The van der Waals surface area contributed by atoms with Gasteiger partial charge in [-0.1, -0.05) is 34.5 Å². The SMILES string of the molecule is Cc1ccc(N2CC(C(=O)NCc3cc(-c4ccc(Cl)cc4)on3)CC2=O)cc1. The topological polar surface area (TPSA) is 75.4 Å². The van der Waals surface area contributed by atoms with Crippen molar-refractivity contribution in [3.63, 3.8) is 0 Å². The third kappa shape index (κ3) is 4.32. The van der Waals surface area contributed by atoms with Crippen LogP contribution in [0.3, 0.4) is 0 Å². The lowest BCUT2D eigenvalue weighted by atomic mass is 10.1. The van der Waals surface area contributed by atoms with Crippen LogP contribution in [0.4, 0.5) is 5.69 Å². The number of hydrogen-bond donors (Lipinski definition) is 1. The van der Waals surface area contributed by atoms with Crippen LogP contribution >= 0.6 is 11.6 Å². The van der Waals surface area contributed by atoms with Gasteiger partial charge in [0.15, 0.2) is 5.76 Å². The van der Waals surface area contributed by atoms with Gasteiger partial charge in [0.05, 0.1) is 12.5 Å². The van der Waals surface area contributed by atoms with Crippen molar-refractivity contribution in [3.05, 3.63) is 70.9 Å². The minimum atomic E-state index is -0.383. The molecular weight excluding hydrogens is 390 g/mol. The minimum Gasteiger partial charge on any atom is -0.356 e. The van der Waals surface area contributed by atoms with Gasteiger partial charge < -0.3 is 14.7 Å².